The molecule has 0 spiro atoms. The largest absolute Gasteiger partial charge is 0.353 e. The number of hydrogen-bond acceptors (Lipinski definition) is 4. The zero-order chi connectivity index (χ0) is 9.10. The van der Waals surface area contributed by atoms with Crippen LogP contribution in [0.4, 0.5) is 5.82 Å². The summed E-state index contributed by atoms with van der Waals surface area (Å²) in [5.74, 6) is 1.03. The SMILES string of the molecule is Cc1nccnc1N1CCNCC1.Cl.Cl. The first-order valence-electron chi connectivity index (χ1n) is 4.61. The first kappa shape index (κ1) is 14.4. The van der Waals surface area contributed by atoms with Gasteiger partial charge in [-0.2, -0.15) is 0 Å². The molecule has 0 unspecified atom stereocenters. The van der Waals surface area contributed by atoms with Gasteiger partial charge in [0.25, 0.3) is 0 Å². The van der Waals surface area contributed by atoms with Gasteiger partial charge in [-0.3, -0.25) is 4.98 Å². The number of piperazine rings is 1. The third-order valence-electron chi connectivity index (χ3n) is 2.27. The van der Waals surface area contributed by atoms with Crippen LogP contribution in [0.2, 0.25) is 0 Å². The van der Waals surface area contributed by atoms with E-state index < -0.39 is 0 Å². The molecule has 1 aliphatic heterocycles. The molecule has 15 heavy (non-hydrogen) atoms. The van der Waals surface area contributed by atoms with Crippen molar-refractivity contribution < 1.29 is 0 Å². The second-order valence-electron chi connectivity index (χ2n) is 3.20. The Morgan fingerprint density at radius 3 is 2.33 bits per heavy atom. The zero-order valence-electron chi connectivity index (χ0n) is 8.64. The van der Waals surface area contributed by atoms with E-state index in [-0.39, 0.29) is 24.8 Å². The summed E-state index contributed by atoms with van der Waals surface area (Å²) in [6.45, 7) is 6.13. The van der Waals surface area contributed by atoms with Crippen molar-refractivity contribution in [3.05, 3.63) is 18.1 Å². The summed E-state index contributed by atoms with van der Waals surface area (Å²) in [6.07, 6.45) is 3.49. The van der Waals surface area contributed by atoms with Gasteiger partial charge in [-0.25, -0.2) is 4.98 Å². The molecule has 1 aromatic rings. The fourth-order valence-electron chi connectivity index (χ4n) is 1.59. The van der Waals surface area contributed by atoms with Gasteiger partial charge in [0.2, 0.25) is 0 Å². The number of aromatic nitrogens is 2. The van der Waals surface area contributed by atoms with Gasteiger partial charge in [0.1, 0.15) is 5.82 Å². The summed E-state index contributed by atoms with van der Waals surface area (Å²) >= 11 is 0. The lowest BCUT2D eigenvalue weighted by Crippen LogP contribution is -2.44. The topological polar surface area (TPSA) is 41.1 Å². The van der Waals surface area contributed by atoms with E-state index in [0.29, 0.717) is 0 Å². The lowest BCUT2D eigenvalue weighted by molar-refractivity contribution is 0.583. The molecule has 0 aromatic carbocycles. The number of nitrogens with zero attached hydrogens (tertiary/aromatic N) is 3. The Kier molecular flexibility index (Phi) is 6.56. The van der Waals surface area contributed by atoms with Gasteiger partial charge in [0, 0.05) is 38.6 Å². The molecular formula is C9H16Cl2N4. The van der Waals surface area contributed by atoms with Crippen LogP contribution in [0.1, 0.15) is 5.69 Å². The van der Waals surface area contributed by atoms with Gasteiger partial charge < -0.3 is 10.2 Å². The molecule has 4 nitrogen and oxygen atoms in total. The predicted octanol–water partition coefficient (Wildman–Crippen LogP) is 1.04. The number of rotatable bonds is 1. The molecule has 1 saturated heterocycles. The summed E-state index contributed by atoms with van der Waals surface area (Å²) < 4.78 is 0. The second-order valence-corrected chi connectivity index (χ2v) is 3.20. The first-order chi connectivity index (χ1) is 6.38. The van der Waals surface area contributed by atoms with E-state index in [4.69, 9.17) is 0 Å². The van der Waals surface area contributed by atoms with E-state index in [2.05, 4.69) is 20.2 Å². The van der Waals surface area contributed by atoms with E-state index >= 15 is 0 Å². The highest BCUT2D eigenvalue weighted by Crippen LogP contribution is 2.13. The molecular weight excluding hydrogens is 235 g/mol. The van der Waals surface area contributed by atoms with Crippen molar-refractivity contribution in [1.82, 2.24) is 15.3 Å². The third-order valence-corrected chi connectivity index (χ3v) is 2.27. The average molecular weight is 251 g/mol. The Morgan fingerprint density at radius 2 is 1.73 bits per heavy atom. The van der Waals surface area contributed by atoms with Crippen LogP contribution in [0, 0.1) is 6.92 Å². The van der Waals surface area contributed by atoms with Crippen LogP contribution < -0.4 is 10.2 Å². The van der Waals surface area contributed by atoms with Gasteiger partial charge in [0.05, 0.1) is 5.69 Å². The maximum absolute atomic E-state index is 4.34. The first-order valence-corrected chi connectivity index (χ1v) is 4.61. The number of hydrogen-bond donors (Lipinski definition) is 1. The quantitative estimate of drug-likeness (QED) is 0.809. The molecule has 0 amide bonds. The number of nitrogens with one attached hydrogen (secondary N) is 1. The Bertz CT molecular complexity index is 289. The molecule has 2 rings (SSSR count). The van der Waals surface area contributed by atoms with Gasteiger partial charge >= 0.3 is 0 Å². The third kappa shape index (κ3) is 3.48. The fraction of sp³-hybridized carbons (Fsp3) is 0.556. The summed E-state index contributed by atoms with van der Waals surface area (Å²) in [6, 6.07) is 0. The molecule has 1 aromatic heterocycles. The van der Waals surface area contributed by atoms with Crippen molar-refractivity contribution in [2.45, 2.75) is 6.92 Å². The summed E-state index contributed by atoms with van der Waals surface area (Å²) in [4.78, 5) is 10.8. The minimum Gasteiger partial charge on any atom is -0.353 e. The van der Waals surface area contributed by atoms with Crippen LogP contribution in [0.5, 0.6) is 0 Å². The minimum atomic E-state index is 0. The van der Waals surface area contributed by atoms with Crippen LogP contribution in [0.25, 0.3) is 0 Å². The van der Waals surface area contributed by atoms with E-state index in [1.807, 2.05) is 6.92 Å². The number of aryl methyl sites for hydroxylation is 1. The highest BCUT2D eigenvalue weighted by Gasteiger charge is 2.13. The molecule has 1 aliphatic rings. The number of halogens is 2. The summed E-state index contributed by atoms with van der Waals surface area (Å²) in [7, 11) is 0. The van der Waals surface area contributed by atoms with Crippen molar-refractivity contribution in [3.8, 4) is 0 Å². The fourth-order valence-corrected chi connectivity index (χ4v) is 1.59. The van der Waals surface area contributed by atoms with Gasteiger partial charge in [-0.05, 0) is 6.92 Å². The smallest absolute Gasteiger partial charge is 0.150 e. The minimum absolute atomic E-state index is 0. The van der Waals surface area contributed by atoms with Gasteiger partial charge in [-0.1, -0.05) is 0 Å². The normalized spacial score (nSPS) is 15.1. The van der Waals surface area contributed by atoms with Crippen molar-refractivity contribution in [1.29, 1.82) is 0 Å². The van der Waals surface area contributed by atoms with E-state index in [1.54, 1.807) is 12.4 Å². The molecule has 0 atom stereocenters. The van der Waals surface area contributed by atoms with Crippen LogP contribution in [0.15, 0.2) is 12.4 Å². The van der Waals surface area contributed by atoms with E-state index in [9.17, 15) is 0 Å². The molecule has 0 aliphatic carbocycles. The van der Waals surface area contributed by atoms with Gasteiger partial charge in [-0.15, -0.1) is 24.8 Å². The van der Waals surface area contributed by atoms with Crippen molar-refractivity contribution >= 4 is 30.6 Å². The van der Waals surface area contributed by atoms with E-state index in [0.717, 1.165) is 37.7 Å². The summed E-state index contributed by atoms with van der Waals surface area (Å²) in [5.41, 5.74) is 1.02. The molecule has 0 bridgehead atoms. The highest BCUT2D eigenvalue weighted by molar-refractivity contribution is 5.85. The second kappa shape index (κ2) is 6.82. The zero-order valence-corrected chi connectivity index (χ0v) is 10.3. The van der Waals surface area contributed by atoms with Crippen LogP contribution in [-0.2, 0) is 0 Å². The molecule has 1 fully saturated rings. The highest BCUT2D eigenvalue weighted by atomic mass is 35.5. The van der Waals surface area contributed by atoms with Crippen LogP contribution in [0.3, 0.4) is 0 Å². The van der Waals surface area contributed by atoms with Crippen molar-refractivity contribution in [2.75, 3.05) is 31.1 Å². The standard InChI is InChI=1S/C9H14N4.2ClH/c1-8-9(12-3-2-11-8)13-6-4-10-5-7-13;;/h2-3,10H,4-7H2,1H3;2*1H. The lowest BCUT2D eigenvalue weighted by Gasteiger charge is -2.28. The monoisotopic (exact) mass is 250 g/mol. The van der Waals surface area contributed by atoms with E-state index in [1.165, 1.54) is 0 Å². The van der Waals surface area contributed by atoms with Gasteiger partial charge in [0.15, 0.2) is 0 Å². The molecule has 2 heterocycles. The molecule has 0 saturated carbocycles. The lowest BCUT2D eigenvalue weighted by atomic mass is 10.3. The molecule has 1 N–H and O–H groups in total. The van der Waals surface area contributed by atoms with Crippen molar-refractivity contribution in [3.63, 3.8) is 0 Å². The average Bonchev–Trinajstić information content (AvgIpc) is 2.20. The Hall–Kier alpha value is -0.580. The maximum Gasteiger partial charge on any atom is 0.150 e. The van der Waals surface area contributed by atoms with Crippen LogP contribution >= 0.6 is 24.8 Å². The number of anilines is 1. The Labute approximate surface area is 102 Å². The predicted molar refractivity (Wildman–Crippen MR) is 66.3 cm³/mol. The Balaban J connectivity index is 0.000000980. The van der Waals surface area contributed by atoms with Crippen molar-refractivity contribution in [2.24, 2.45) is 0 Å². The molecule has 0 radical (unpaired) electrons. The maximum atomic E-state index is 4.34. The van der Waals surface area contributed by atoms with Crippen LogP contribution in [-0.4, -0.2) is 36.1 Å². The Morgan fingerprint density at radius 1 is 1.13 bits per heavy atom. The summed E-state index contributed by atoms with van der Waals surface area (Å²) in [5, 5.41) is 3.31. The molecule has 6 heteroatoms. The molecule has 86 valence electrons.